The van der Waals surface area contributed by atoms with Gasteiger partial charge < -0.3 is 0 Å². The zero-order valence-electron chi connectivity index (χ0n) is 17.3. The van der Waals surface area contributed by atoms with Crippen LogP contribution in [0.5, 0.6) is 0 Å². The smallest absolute Gasteiger partial charge is 0.291 e. The quantitative estimate of drug-likeness (QED) is 0.285. The van der Waals surface area contributed by atoms with Crippen LogP contribution in [0.3, 0.4) is 0 Å². The summed E-state index contributed by atoms with van der Waals surface area (Å²) in [6, 6.07) is 0. The molecule has 41 heavy (non-hydrogen) atoms. The van der Waals surface area contributed by atoms with Gasteiger partial charge in [0.1, 0.15) is 0 Å². The third-order valence-corrected chi connectivity index (χ3v) is 6.93. The molecule has 4 fully saturated rings. The van der Waals surface area contributed by atoms with Crippen molar-refractivity contribution in [2.24, 2.45) is 0 Å². The van der Waals surface area contributed by atoms with E-state index in [4.69, 9.17) is 0 Å². The van der Waals surface area contributed by atoms with Crippen molar-refractivity contribution >= 4 is 0 Å². The summed E-state index contributed by atoms with van der Waals surface area (Å²) in [5.74, 6) is -52.8. The third-order valence-electron chi connectivity index (χ3n) is 6.93. The average molecular weight is 672 g/mol. The van der Waals surface area contributed by atoms with Gasteiger partial charge in [0, 0.05) is 0 Å². The first kappa shape index (κ1) is 33.7. The molecule has 4 rings (SSSR count). The van der Waals surface area contributed by atoms with E-state index >= 15 is 8.78 Å². The van der Waals surface area contributed by atoms with Crippen molar-refractivity contribution < 1.29 is 120 Å². The molecule has 3 nitrogen and oxygen atoms in total. The molecule has 4 aliphatic rings. The molecule has 1 unspecified atom stereocenters. The second-order valence-electron chi connectivity index (χ2n) is 8.57. The van der Waals surface area contributed by atoms with E-state index in [0.29, 0.717) is 0 Å². The van der Waals surface area contributed by atoms with Gasteiger partial charge in [-0.15, -0.1) is 9.88 Å². The van der Waals surface area contributed by atoms with Gasteiger partial charge in [-0.05, 0) is 9.05 Å². The molecule has 0 aromatic rings. The predicted octanol–water partition coefficient (Wildman–Crippen LogP) is 7.01. The summed E-state index contributed by atoms with van der Waals surface area (Å²) in [5, 5.41) is 0. The van der Waals surface area contributed by atoms with E-state index in [2.05, 4.69) is 0 Å². The fraction of sp³-hybridized carbons (Fsp3) is 1.00. The van der Waals surface area contributed by atoms with Crippen molar-refractivity contribution in [3.63, 3.8) is 0 Å². The molecule has 0 saturated heterocycles. The van der Waals surface area contributed by atoms with Gasteiger partial charge in [0.05, 0.1) is 0 Å². The minimum Gasteiger partial charge on any atom is -0.291 e. The van der Waals surface area contributed by atoms with Crippen LogP contribution >= 0.6 is 0 Å². The zero-order chi connectivity index (χ0) is 33.1. The van der Waals surface area contributed by atoms with Crippen molar-refractivity contribution in [2.75, 3.05) is 0 Å². The Bertz CT molecular complexity index is 1040. The average Bonchev–Trinajstić information content (AvgIpc) is 2.80. The Labute approximate surface area is 204 Å². The first-order valence-corrected chi connectivity index (χ1v) is 9.03. The van der Waals surface area contributed by atoms with Gasteiger partial charge in [0.25, 0.3) is 16.9 Å². The monoisotopic (exact) mass is 672 g/mol. The number of rotatable bonds is 6. The molecule has 27 heteroatoms. The molecule has 0 spiro atoms. The van der Waals surface area contributed by atoms with Gasteiger partial charge >= 0.3 is 65.2 Å². The molecule has 0 aliphatic heterocycles. The second-order valence-corrected chi connectivity index (χ2v) is 8.57. The van der Waals surface area contributed by atoms with Crippen molar-refractivity contribution in [3.05, 3.63) is 0 Å². The Balaban J connectivity index is 2.73. The fourth-order valence-corrected chi connectivity index (χ4v) is 5.04. The molecule has 0 amide bonds. The molecule has 0 radical (unpaired) electrons. The van der Waals surface area contributed by atoms with Gasteiger partial charge in [-0.3, -0.25) is 4.74 Å². The lowest BCUT2D eigenvalue weighted by Crippen LogP contribution is -3.11. The number of halogens is 24. The summed E-state index contributed by atoms with van der Waals surface area (Å²) in [6.45, 7) is 0. The van der Waals surface area contributed by atoms with Crippen LogP contribution in [0.25, 0.3) is 0 Å². The zero-order valence-corrected chi connectivity index (χ0v) is 17.3. The Morgan fingerprint density at radius 2 is 0.634 bits per heavy atom. The summed E-state index contributed by atoms with van der Waals surface area (Å²) in [6.07, 6.45) is -25.4. The first-order valence-electron chi connectivity index (χ1n) is 9.03. The van der Waals surface area contributed by atoms with Crippen LogP contribution in [0.2, 0.25) is 0 Å². The number of hydrogen-bond acceptors (Lipinski definition) is 3. The number of ether oxygens (including phenoxy) is 1. The highest BCUT2D eigenvalue weighted by molar-refractivity contribution is 5.56. The van der Waals surface area contributed by atoms with E-state index < -0.39 is 82.1 Å². The minimum atomic E-state index is -9.32. The van der Waals surface area contributed by atoms with Gasteiger partial charge in [0.2, 0.25) is 0 Å². The molecule has 0 heterocycles. The van der Waals surface area contributed by atoms with Gasteiger partial charge in [-0.1, -0.05) is 0 Å². The van der Waals surface area contributed by atoms with E-state index in [0.717, 1.165) is 9.88 Å². The van der Waals surface area contributed by atoms with Gasteiger partial charge in [-0.2, -0.15) is 79.0 Å². The van der Waals surface area contributed by atoms with Crippen molar-refractivity contribution in [2.45, 2.75) is 82.1 Å². The van der Waals surface area contributed by atoms with E-state index in [1.165, 1.54) is 4.74 Å². The van der Waals surface area contributed by atoms with E-state index in [1.807, 2.05) is 0 Å². The second kappa shape index (κ2) is 7.28. The number of hydrogen-bond donors (Lipinski definition) is 0. The van der Waals surface area contributed by atoms with Gasteiger partial charge in [0.15, 0.2) is 0 Å². The van der Waals surface area contributed by atoms with Gasteiger partial charge in [-0.25, -0.2) is 17.6 Å². The molecule has 4 saturated carbocycles. The van der Waals surface area contributed by atoms with E-state index in [-0.39, 0.29) is 0 Å². The van der Waals surface area contributed by atoms with Crippen LogP contribution in [0.4, 0.5) is 106 Å². The Morgan fingerprint density at radius 1 is 0.366 bits per heavy atom. The van der Waals surface area contributed by atoms with E-state index in [1.54, 1.807) is 0 Å². The van der Waals surface area contributed by atoms with Crippen LogP contribution in [0.1, 0.15) is 0 Å². The highest BCUT2D eigenvalue weighted by Gasteiger charge is 3.25. The molecule has 0 N–H and O–H groups in total. The fourth-order valence-electron chi connectivity index (χ4n) is 5.04. The lowest BCUT2D eigenvalue weighted by molar-refractivity contribution is -0.642. The van der Waals surface area contributed by atoms with Crippen molar-refractivity contribution in [1.29, 1.82) is 0 Å². The van der Waals surface area contributed by atoms with Crippen LogP contribution in [0, 0.1) is 0 Å². The largest absolute Gasteiger partial charge is 0.456 e. The molecule has 4 bridgehead atoms. The SMILES string of the molecule is FOC(F)(F)C(F)(OF)C(F)(F)OC1(C(F)(F)F)C2(F)C(F)(F)C3(F)C(F)(F)C(F)(C2(F)F)C(F)(F)C1(F)C3(F)F. The summed E-state index contributed by atoms with van der Waals surface area (Å²) in [5.41, 5.74) is -45.1. The van der Waals surface area contributed by atoms with Crippen LogP contribution in [0.15, 0.2) is 0 Å². The molecular formula is C14F24O3. The van der Waals surface area contributed by atoms with E-state index in [9.17, 15) is 96.9 Å². The molecular weight excluding hydrogens is 672 g/mol. The maximum Gasteiger partial charge on any atom is 0.456 e. The summed E-state index contributed by atoms with van der Waals surface area (Å²) >= 11 is 0. The standard InChI is InChI=1S/C14F24O3/c15-1-5(12(30,31)32,39-13(33,34)11(29,40-37)14(35,36)41-38)2(16)8(23,24)3(17,6(1,19)20)10(27,28)4(18,7(1,21)22)9(2,25)26. The lowest BCUT2D eigenvalue weighted by atomic mass is 9.37. The van der Waals surface area contributed by atoms with Crippen molar-refractivity contribution in [1.82, 2.24) is 0 Å². The molecule has 4 aliphatic carbocycles. The van der Waals surface area contributed by atoms with Crippen LogP contribution in [-0.2, 0) is 14.6 Å². The maximum atomic E-state index is 15.5. The van der Waals surface area contributed by atoms with Crippen LogP contribution in [-0.4, -0.2) is 82.1 Å². The van der Waals surface area contributed by atoms with Crippen LogP contribution < -0.4 is 0 Å². The Kier molecular flexibility index (Phi) is 5.99. The molecule has 1 atom stereocenters. The molecule has 0 aromatic carbocycles. The number of alkyl halides is 22. The normalized spacial score (nSPS) is 43.6. The molecule has 0 aromatic heterocycles. The highest BCUT2D eigenvalue weighted by Crippen LogP contribution is 2.90. The summed E-state index contributed by atoms with van der Waals surface area (Å²) in [7, 11) is 0. The first-order chi connectivity index (χ1) is 17.6. The maximum absolute atomic E-state index is 15.5. The Hall–Kier alpha value is -1.80. The lowest BCUT2D eigenvalue weighted by Gasteiger charge is -2.76. The third kappa shape index (κ3) is 2.37. The van der Waals surface area contributed by atoms with Crippen molar-refractivity contribution in [3.8, 4) is 0 Å². The topological polar surface area (TPSA) is 27.7 Å². The summed E-state index contributed by atoms with van der Waals surface area (Å²) < 4.78 is 341. The Morgan fingerprint density at radius 3 is 0.854 bits per heavy atom. The summed E-state index contributed by atoms with van der Waals surface area (Å²) in [4.78, 5) is 1.93. The highest BCUT2D eigenvalue weighted by atomic mass is 19.4. The predicted molar refractivity (Wildman–Crippen MR) is 68.1 cm³/mol. The molecule has 242 valence electrons. The minimum absolute atomic E-state index is 0.965.